The number of nitrogens with one attached hydrogen (secondary N) is 1. The maximum Gasteiger partial charge on any atom is 0.262 e. The maximum atomic E-state index is 12.6. The molecular formula is C24H21N3O3S. The van der Waals surface area contributed by atoms with Gasteiger partial charge in [0.25, 0.3) is 11.8 Å². The highest BCUT2D eigenvalue weighted by Crippen LogP contribution is 2.37. The van der Waals surface area contributed by atoms with Gasteiger partial charge in [0, 0.05) is 4.88 Å². The van der Waals surface area contributed by atoms with Gasteiger partial charge in [-0.2, -0.15) is 0 Å². The lowest BCUT2D eigenvalue weighted by Crippen LogP contribution is -2.37. The topological polar surface area (TPSA) is 79.4 Å². The third kappa shape index (κ3) is 3.65. The number of aryl methyl sites for hydroxylation is 2. The number of imide groups is 1. The molecule has 1 aliphatic heterocycles. The van der Waals surface area contributed by atoms with Crippen LogP contribution in [0.5, 0.6) is 0 Å². The smallest absolute Gasteiger partial charge is 0.262 e. The van der Waals surface area contributed by atoms with E-state index in [4.69, 9.17) is 0 Å². The summed E-state index contributed by atoms with van der Waals surface area (Å²) in [6.45, 7) is 1.54. The van der Waals surface area contributed by atoms with Gasteiger partial charge in [-0.15, -0.1) is 11.3 Å². The van der Waals surface area contributed by atoms with E-state index in [0.717, 1.165) is 35.4 Å². The molecule has 0 saturated heterocycles. The van der Waals surface area contributed by atoms with Crippen molar-refractivity contribution in [2.75, 3.05) is 11.9 Å². The van der Waals surface area contributed by atoms with Gasteiger partial charge in [-0.1, -0.05) is 42.0 Å². The van der Waals surface area contributed by atoms with E-state index in [1.807, 2.05) is 13.0 Å². The summed E-state index contributed by atoms with van der Waals surface area (Å²) in [6.07, 6.45) is 2.81. The van der Waals surface area contributed by atoms with Gasteiger partial charge in [-0.3, -0.25) is 19.3 Å². The lowest BCUT2D eigenvalue weighted by molar-refractivity contribution is -0.116. The largest absolute Gasteiger partial charge is 0.300 e. The van der Waals surface area contributed by atoms with Gasteiger partial charge in [-0.05, 0) is 49.8 Å². The molecule has 2 aromatic carbocycles. The molecule has 2 aliphatic rings. The molecule has 7 heteroatoms. The van der Waals surface area contributed by atoms with Crippen molar-refractivity contribution < 1.29 is 14.4 Å². The van der Waals surface area contributed by atoms with Crippen LogP contribution < -0.4 is 5.32 Å². The van der Waals surface area contributed by atoms with Crippen molar-refractivity contribution in [3.05, 3.63) is 81.4 Å². The molecule has 3 aromatic rings. The zero-order valence-electron chi connectivity index (χ0n) is 17.1. The molecule has 0 spiro atoms. The van der Waals surface area contributed by atoms with Crippen LogP contribution in [0.4, 0.5) is 5.13 Å². The van der Waals surface area contributed by atoms with E-state index in [0.29, 0.717) is 22.2 Å². The van der Waals surface area contributed by atoms with Gasteiger partial charge in [0.2, 0.25) is 5.91 Å². The Morgan fingerprint density at radius 1 is 1.13 bits per heavy atom. The molecular weight excluding hydrogens is 410 g/mol. The number of thiazole rings is 1. The Morgan fingerprint density at radius 2 is 1.90 bits per heavy atom. The summed E-state index contributed by atoms with van der Waals surface area (Å²) in [5, 5.41) is 3.31. The first-order chi connectivity index (χ1) is 15.0. The minimum absolute atomic E-state index is 0.317. The second kappa shape index (κ2) is 7.74. The van der Waals surface area contributed by atoms with E-state index in [1.165, 1.54) is 21.8 Å². The Hall–Kier alpha value is -3.32. The first-order valence-corrected chi connectivity index (χ1v) is 11.1. The third-order valence-electron chi connectivity index (χ3n) is 5.88. The number of rotatable bonds is 4. The molecule has 1 aliphatic carbocycles. The fourth-order valence-corrected chi connectivity index (χ4v) is 5.39. The van der Waals surface area contributed by atoms with E-state index in [-0.39, 0.29) is 6.54 Å². The van der Waals surface area contributed by atoms with Gasteiger partial charge >= 0.3 is 0 Å². The number of benzene rings is 2. The molecule has 1 aromatic heterocycles. The van der Waals surface area contributed by atoms with Crippen molar-refractivity contribution >= 4 is 34.2 Å². The maximum absolute atomic E-state index is 12.6. The second-order valence-electron chi connectivity index (χ2n) is 8.03. The number of anilines is 1. The zero-order valence-corrected chi connectivity index (χ0v) is 17.9. The van der Waals surface area contributed by atoms with Gasteiger partial charge in [0.15, 0.2) is 5.13 Å². The SMILES string of the molecule is Cc1ccc2c(c1)C(=O)N(CC(=O)Nc1nc3c(s1)CC(c1ccccc1)CC3)C2=O. The quantitative estimate of drug-likeness (QED) is 0.634. The summed E-state index contributed by atoms with van der Waals surface area (Å²) in [5.41, 5.74) is 3.96. The van der Waals surface area contributed by atoms with Crippen LogP contribution >= 0.6 is 11.3 Å². The molecule has 5 rings (SSSR count). The number of hydrogen-bond donors (Lipinski definition) is 1. The summed E-state index contributed by atoms with van der Waals surface area (Å²) in [7, 11) is 0. The number of amides is 3. The van der Waals surface area contributed by atoms with Crippen molar-refractivity contribution in [1.29, 1.82) is 0 Å². The van der Waals surface area contributed by atoms with Crippen LogP contribution in [0.3, 0.4) is 0 Å². The Morgan fingerprint density at radius 3 is 2.71 bits per heavy atom. The minimum Gasteiger partial charge on any atom is -0.300 e. The molecule has 1 unspecified atom stereocenters. The van der Waals surface area contributed by atoms with Crippen LogP contribution in [0.1, 0.15) is 54.8 Å². The monoisotopic (exact) mass is 431 g/mol. The van der Waals surface area contributed by atoms with Crippen LogP contribution in [0.2, 0.25) is 0 Å². The third-order valence-corrected chi connectivity index (χ3v) is 6.92. The summed E-state index contributed by atoms with van der Waals surface area (Å²) in [6, 6.07) is 15.6. The normalized spacial score (nSPS) is 17.5. The number of aromatic nitrogens is 1. The summed E-state index contributed by atoms with van der Waals surface area (Å²) < 4.78 is 0. The van der Waals surface area contributed by atoms with E-state index < -0.39 is 17.7 Å². The molecule has 0 fully saturated rings. The first-order valence-electron chi connectivity index (χ1n) is 10.3. The first kappa shape index (κ1) is 19.6. The molecule has 2 heterocycles. The van der Waals surface area contributed by atoms with Gasteiger partial charge in [-0.25, -0.2) is 4.98 Å². The number of nitrogens with zero attached hydrogens (tertiary/aromatic N) is 2. The zero-order chi connectivity index (χ0) is 21.5. The van der Waals surface area contributed by atoms with Crippen molar-refractivity contribution in [1.82, 2.24) is 9.88 Å². The molecule has 0 saturated carbocycles. The van der Waals surface area contributed by atoms with Crippen LogP contribution in [-0.2, 0) is 17.6 Å². The van der Waals surface area contributed by atoms with Gasteiger partial charge in [0.1, 0.15) is 6.54 Å². The minimum atomic E-state index is -0.431. The molecule has 0 radical (unpaired) electrons. The fourth-order valence-electron chi connectivity index (χ4n) is 4.29. The molecule has 156 valence electrons. The molecule has 31 heavy (non-hydrogen) atoms. The van der Waals surface area contributed by atoms with Crippen LogP contribution in [-0.4, -0.2) is 34.2 Å². The second-order valence-corrected chi connectivity index (χ2v) is 9.12. The number of carbonyl (C=O) groups excluding carboxylic acids is 3. The highest BCUT2D eigenvalue weighted by atomic mass is 32.1. The Bertz CT molecular complexity index is 1200. The summed E-state index contributed by atoms with van der Waals surface area (Å²) >= 11 is 1.48. The predicted octanol–water partition coefficient (Wildman–Crippen LogP) is 3.96. The van der Waals surface area contributed by atoms with Crippen molar-refractivity contribution in [2.24, 2.45) is 0 Å². The summed E-state index contributed by atoms with van der Waals surface area (Å²) in [5.74, 6) is -0.821. The molecule has 1 N–H and O–H groups in total. The van der Waals surface area contributed by atoms with E-state index in [9.17, 15) is 14.4 Å². The fraction of sp³-hybridized carbons (Fsp3) is 0.250. The van der Waals surface area contributed by atoms with Crippen molar-refractivity contribution in [3.63, 3.8) is 0 Å². The number of carbonyl (C=O) groups is 3. The standard InChI is InChI=1S/C24H21N3O3S/c1-14-7-9-17-18(11-14)23(30)27(22(17)29)13-21(28)26-24-25-19-10-8-16(12-20(19)31-24)15-5-3-2-4-6-15/h2-7,9,11,16H,8,10,12-13H2,1H3,(H,25,26,28). The average Bonchev–Trinajstić information content (AvgIpc) is 3.27. The number of fused-ring (bicyclic) bond motifs is 2. The van der Waals surface area contributed by atoms with E-state index in [1.54, 1.807) is 18.2 Å². The molecule has 1 atom stereocenters. The van der Waals surface area contributed by atoms with Crippen molar-refractivity contribution in [2.45, 2.75) is 32.1 Å². The summed E-state index contributed by atoms with van der Waals surface area (Å²) in [4.78, 5) is 44.5. The Kier molecular flexibility index (Phi) is 4.90. The van der Waals surface area contributed by atoms with Crippen LogP contribution in [0.25, 0.3) is 0 Å². The predicted molar refractivity (Wildman–Crippen MR) is 118 cm³/mol. The van der Waals surface area contributed by atoms with Gasteiger partial charge in [0.05, 0.1) is 16.8 Å². The Balaban J connectivity index is 1.26. The van der Waals surface area contributed by atoms with Gasteiger partial charge < -0.3 is 5.32 Å². The van der Waals surface area contributed by atoms with Crippen molar-refractivity contribution in [3.8, 4) is 0 Å². The van der Waals surface area contributed by atoms with Crippen LogP contribution in [0.15, 0.2) is 48.5 Å². The molecule has 3 amide bonds. The van der Waals surface area contributed by atoms with Crippen LogP contribution in [0, 0.1) is 6.92 Å². The average molecular weight is 432 g/mol. The Labute approximate surface area is 183 Å². The van der Waals surface area contributed by atoms with E-state index >= 15 is 0 Å². The number of hydrogen-bond acceptors (Lipinski definition) is 5. The molecule has 6 nitrogen and oxygen atoms in total. The highest BCUT2D eigenvalue weighted by Gasteiger charge is 2.36. The lowest BCUT2D eigenvalue weighted by Gasteiger charge is -2.21. The van der Waals surface area contributed by atoms with E-state index in [2.05, 4.69) is 34.6 Å². The molecule has 0 bridgehead atoms. The lowest BCUT2D eigenvalue weighted by atomic mass is 9.85. The highest BCUT2D eigenvalue weighted by molar-refractivity contribution is 7.15.